The third kappa shape index (κ3) is 10.3. The van der Waals surface area contributed by atoms with Crippen molar-refractivity contribution in [2.24, 2.45) is 0 Å². The monoisotopic (exact) mass is 625 g/mol. The summed E-state index contributed by atoms with van der Waals surface area (Å²) < 4.78 is 5.72. The molecule has 7 heteroatoms. The molecule has 46 heavy (non-hydrogen) atoms. The number of hydrogen-bond donors (Lipinski definition) is 5. The Bertz CT molecular complexity index is 1450. The Kier molecular flexibility index (Phi) is 14.3. The molecule has 0 heterocycles. The first kappa shape index (κ1) is 34.9. The van der Waals surface area contributed by atoms with Crippen LogP contribution < -0.4 is 5.32 Å². The van der Waals surface area contributed by atoms with E-state index >= 15 is 0 Å². The molecule has 0 spiro atoms. The second-order valence-electron chi connectivity index (χ2n) is 11.7. The summed E-state index contributed by atoms with van der Waals surface area (Å²) >= 11 is 0. The number of rotatable bonds is 17. The summed E-state index contributed by atoms with van der Waals surface area (Å²) in [6.07, 6.45) is 7.24. The number of fused-ring (bicyclic) bond motifs is 3. The first-order chi connectivity index (χ1) is 22.5. The van der Waals surface area contributed by atoms with E-state index < -0.39 is 18.0 Å². The number of hydrogen-bond acceptors (Lipinski definition) is 6. The fourth-order valence-electron chi connectivity index (χ4n) is 5.81. The van der Waals surface area contributed by atoms with Crippen LogP contribution in [0.1, 0.15) is 78.4 Å². The second-order valence-corrected chi connectivity index (χ2v) is 11.7. The van der Waals surface area contributed by atoms with Crippen molar-refractivity contribution in [2.45, 2.75) is 63.6 Å². The number of aliphatic hydroxyl groups excluding tert-OH is 2. The number of carboxylic acids is 1. The summed E-state index contributed by atoms with van der Waals surface area (Å²) in [6, 6.07) is 30.9. The largest absolute Gasteiger partial charge is 0.508 e. The highest BCUT2D eigenvalue weighted by molar-refractivity contribution is 5.92. The smallest absolute Gasteiger partial charge is 0.315 e. The summed E-state index contributed by atoms with van der Waals surface area (Å²) in [7, 11) is 0. The van der Waals surface area contributed by atoms with E-state index in [1.165, 1.54) is 18.1 Å². The molecule has 5 N–H and O–H groups in total. The number of carbonyl (C=O) groups is 1. The van der Waals surface area contributed by atoms with E-state index in [2.05, 4.69) is 35.6 Å². The molecule has 244 valence electrons. The summed E-state index contributed by atoms with van der Waals surface area (Å²) in [4.78, 5) is 11.3. The molecule has 0 amide bonds. The van der Waals surface area contributed by atoms with Crippen molar-refractivity contribution in [3.63, 3.8) is 0 Å². The topological polar surface area (TPSA) is 119 Å². The Balaban J connectivity index is 0.000000249. The lowest BCUT2D eigenvalue weighted by molar-refractivity contribution is -0.137. The molecule has 0 saturated carbocycles. The molecule has 1 unspecified atom stereocenters. The average molecular weight is 626 g/mol. The van der Waals surface area contributed by atoms with Crippen LogP contribution in [0.3, 0.4) is 0 Å². The number of aryl methyl sites for hydroxylation is 1. The van der Waals surface area contributed by atoms with Crippen molar-refractivity contribution in [1.29, 1.82) is 0 Å². The van der Waals surface area contributed by atoms with E-state index in [4.69, 9.17) is 4.74 Å². The van der Waals surface area contributed by atoms with Gasteiger partial charge in [-0.15, -0.1) is 0 Å². The van der Waals surface area contributed by atoms with Gasteiger partial charge in [-0.05, 0) is 84.2 Å². The Morgan fingerprint density at radius 2 is 1.37 bits per heavy atom. The Morgan fingerprint density at radius 1 is 0.761 bits per heavy atom. The first-order valence-corrected chi connectivity index (χ1v) is 16.3. The van der Waals surface area contributed by atoms with Gasteiger partial charge in [-0.1, -0.05) is 97.8 Å². The number of benzene rings is 4. The van der Waals surface area contributed by atoms with Crippen LogP contribution >= 0.6 is 0 Å². The molecular formula is C39H47NO6. The Labute approximate surface area is 272 Å². The van der Waals surface area contributed by atoms with Gasteiger partial charge >= 0.3 is 5.97 Å². The van der Waals surface area contributed by atoms with E-state index in [0.717, 1.165) is 80.5 Å². The van der Waals surface area contributed by atoms with Crippen LogP contribution in [-0.2, 0) is 22.6 Å². The lowest BCUT2D eigenvalue weighted by atomic mass is 9.97. The van der Waals surface area contributed by atoms with Crippen molar-refractivity contribution < 1.29 is 30.0 Å². The van der Waals surface area contributed by atoms with Crippen LogP contribution in [0.4, 0.5) is 0 Å². The molecule has 7 nitrogen and oxygen atoms in total. The predicted octanol–water partition coefficient (Wildman–Crippen LogP) is 6.99. The quantitative estimate of drug-likeness (QED) is 0.0803. The minimum atomic E-state index is -0.780. The molecule has 1 aliphatic carbocycles. The number of phenols is 1. The summed E-state index contributed by atoms with van der Waals surface area (Å²) in [5.74, 6) is -1.23. The van der Waals surface area contributed by atoms with Crippen LogP contribution in [0.15, 0.2) is 97.1 Å². The molecule has 1 aliphatic rings. The SMILES string of the molecule is O=C(O)C1c2ccccc2-c2ccccc21.OCc1cc(C(O)CNCCCCCCOCCCCc2ccccc2)ccc1O. The zero-order valence-corrected chi connectivity index (χ0v) is 26.5. The zero-order chi connectivity index (χ0) is 32.6. The summed E-state index contributed by atoms with van der Waals surface area (Å²) in [5.41, 5.74) is 6.43. The van der Waals surface area contributed by atoms with Crippen LogP contribution in [0.25, 0.3) is 11.1 Å². The molecule has 0 saturated heterocycles. The van der Waals surface area contributed by atoms with Gasteiger partial charge in [0.15, 0.2) is 0 Å². The molecular weight excluding hydrogens is 578 g/mol. The lowest BCUT2D eigenvalue weighted by Gasteiger charge is -2.14. The first-order valence-electron chi connectivity index (χ1n) is 16.3. The van der Waals surface area contributed by atoms with E-state index in [-0.39, 0.29) is 12.4 Å². The number of unbranched alkanes of at least 4 members (excludes halogenated alkanes) is 4. The maximum Gasteiger partial charge on any atom is 0.315 e. The van der Waals surface area contributed by atoms with Crippen molar-refractivity contribution >= 4 is 5.97 Å². The fourth-order valence-corrected chi connectivity index (χ4v) is 5.81. The van der Waals surface area contributed by atoms with Gasteiger partial charge in [-0.25, -0.2) is 0 Å². The van der Waals surface area contributed by atoms with Crippen LogP contribution in [0, 0.1) is 0 Å². The molecule has 0 fully saturated rings. The maximum atomic E-state index is 11.3. The summed E-state index contributed by atoms with van der Waals surface area (Å²) in [6.45, 7) is 2.77. The fraction of sp³-hybridized carbons (Fsp3) is 0.359. The van der Waals surface area contributed by atoms with Gasteiger partial charge in [0.05, 0.1) is 12.7 Å². The van der Waals surface area contributed by atoms with Crippen molar-refractivity contribution in [3.8, 4) is 16.9 Å². The van der Waals surface area contributed by atoms with E-state index in [1.807, 2.05) is 48.5 Å². The lowest BCUT2D eigenvalue weighted by Crippen LogP contribution is -2.22. The molecule has 4 aromatic carbocycles. The average Bonchev–Trinajstić information content (AvgIpc) is 3.42. The van der Waals surface area contributed by atoms with Crippen LogP contribution in [-0.4, -0.2) is 52.7 Å². The van der Waals surface area contributed by atoms with Crippen LogP contribution in [0.5, 0.6) is 5.75 Å². The molecule has 0 radical (unpaired) electrons. The number of carboxylic acid groups (broad SMARTS) is 1. The molecule has 5 rings (SSSR count). The Hall–Kier alpha value is -4.01. The van der Waals surface area contributed by atoms with Gasteiger partial charge in [0.2, 0.25) is 0 Å². The number of aromatic hydroxyl groups is 1. The normalized spacial score (nSPS) is 12.6. The Morgan fingerprint density at radius 3 is 2.02 bits per heavy atom. The van der Waals surface area contributed by atoms with Crippen molar-refractivity contribution in [3.05, 3.63) is 125 Å². The van der Waals surface area contributed by atoms with Gasteiger partial charge in [-0.2, -0.15) is 0 Å². The number of aliphatic hydroxyl groups is 2. The number of ether oxygens (including phenoxy) is 1. The predicted molar refractivity (Wildman–Crippen MR) is 182 cm³/mol. The van der Waals surface area contributed by atoms with Gasteiger partial charge in [0, 0.05) is 25.3 Å². The van der Waals surface area contributed by atoms with Crippen molar-refractivity contribution in [1.82, 2.24) is 5.32 Å². The molecule has 0 bridgehead atoms. The van der Waals surface area contributed by atoms with Gasteiger partial charge in [0.25, 0.3) is 0 Å². The highest BCUT2D eigenvalue weighted by Gasteiger charge is 2.32. The highest BCUT2D eigenvalue weighted by Crippen LogP contribution is 2.44. The standard InChI is InChI=1S/C25H37NO4.C14H10O2/c27-20-23-18-22(13-14-24(23)28)25(29)19-26-15-7-1-2-8-16-30-17-9-6-12-21-10-4-3-5-11-21;15-14(16)13-11-7-3-1-5-9(11)10-6-2-4-8-12(10)13/h3-5,10-11,13-14,18,25-29H,1-2,6-9,12,15-17,19-20H2;1-8,13H,(H,15,16). The molecule has 4 aromatic rings. The molecule has 1 atom stereocenters. The third-order valence-electron chi connectivity index (χ3n) is 8.32. The van der Waals surface area contributed by atoms with Gasteiger partial charge in [0.1, 0.15) is 11.7 Å². The van der Waals surface area contributed by atoms with E-state index in [1.54, 1.807) is 12.1 Å². The number of aliphatic carboxylic acids is 1. The van der Waals surface area contributed by atoms with Crippen molar-refractivity contribution in [2.75, 3.05) is 26.3 Å². The molecule has 0 aromatic heterocycles. The van der Waals surface area contributed by atoms with E-state index in [0.29, 0.717) is 17.7 Å². The van der Waals surface area contributed by atoms with Crippen LogP contribution in [0.2, 0.25) is 0 Å². The van der Waals surface area contributed by atoms with E-state index in [9.17, 15) is 25.2 Å². The summed E-state index contributed by atoms with van der Waals surface area (Å²) in [5, 5.41) is 41.6. The minimum Gasteiger partial charge on any atom is -0.508 e. The highest BCUT2D eigenvalue weighted by atomic mass is 16.5. The second kappa shape index (κ2) is 18.8. The third-order valence-corrected chi connectivity index (χ3v) is 8.32. The van der Waals surface area contributed by atoms with Gasteiger partial charge in [-0.3, -0.25) is 4.79 Å². The number of nitrogens with one attached hydrogen (secondary N) is 1. The maximum absolute atomic E-state index is 11.3. The van der Waals surface area contributed by atoms with Gasteiger partial charge < -0.3 is 30.5 Å². The zero-order valence-electron chi connectivity index (χ0n) is 26.5. The minimum absolute atomic E-state index is 0.0533. The molecule has 0 aliphatic heterocycles.